The largest absolute Gasteiger partial charge is 0.494 e. The minimum Gasteiger partial charge on any atom is -0.494 e. The summed E-state index contributed by atoms with van der Waals surface area (Å²) in [5.74, 6) is 1.64. The van der Waals surface area contributed by atoms with Crippen molar-refractivity contribution in [2.45, 2.75) is 43.9 Å². The van der Waals surface area contributed by atoms with Crippen molar-refractivity contribution in [2.24, 2.45) is 5.92 Å². The minimum atomic E-state index is -3.56. The van der Waals surface area contributed by atoms with Crippen LogP contribution in [-0.4, -0.2) is 33.1 Å². The fourth-order valence-electron chi connectivity index (χ4n) is 4.45. The van der Waals surface area contributed by atoms with Crippen LogP contribution in [0.4, 0.5) is 0 Å². The van der Waals surface area contributed by atoms with E-state index in [1.165, 1.54) is 0 Å². The summed E-state index contributed by atoms with van der Waals surface area (Å²) in [7, 11) is -3.56. The average Bonchev–Trinajstić information content (AvgIpc) is 3.33. The molecule has 0 bridgehead atoms. The molecule has 1 N–H and O–H groups in total. The van der Waals surface area contributed by atoms with Gasteiger partial charge in [-0.3, -0.25) is 0 Å². The molecular weight excluding hydrogens is 470 g/mol. The van der Waals surface area contributed by atoms with Gasteiger partial charge in [0.05, 0.1) is 23.1 Å². The summed E-state index contributed by atoms with van der Waals surface area (Å²) in [5.41, 5.74) is 3.92. The van der Waals surface area contributed by atoms with Crippen molar-refractivity contribution in [3.8, 4) is 22.9 Å². The molecule has 0 spiro atoms. The van der Waals surface area contributed by atoms with Crippen molar-refractivity contribution in [2.75, 3.05) is 19.7 Å². The highest BCUT2D eigenvalue weighted by molar-refractivity contribution is 7.89. The molecule has 0 aliphatic carbocycles. The minimum absolute atomic E-state index is 0.300. The van der Waals surface area contributed by atoms with Gasteiger partial charge in [-0.2, -0.15) is 5.26 Å². The van der Waals surface area contributed by atoms with Crippen LogP contribution in [0.2, 0.25) is 0 Å². The van der Waals surface area contributed by atoms with Gasteiger partial charge < -0.3 is 4.74 Å². The number of nitriles is 1. The van der Waals surface area contributed by atoms with Crippen LogP contribution in [0.25, 0.3) is 11.1 Å². The van der Waals surface area contributed by atoms with Crippen LogP contribution in [0.15, 0.2) is 77.7 Å². The zero-order chi connectivity index (χ0) is 25.5. The van der Waals surface area contributed by atoms with Crippen molar-refractivity contribution < 1.29 is 13.2 Å². The average molecular weight is 504 g/mol. The van der Waals surface area contributed by atoms with Crippen LogP contribution in [0.3, 0.4) is 0 Å². The Bertz CT molecular complexity index is 1280. The third kappa shape index (κ3) is 6.73. The maximum Gasteiger partial charge on any atom is 0.253 e. The van der Waals surface area contributed by atoms with Crippen molar-refractivity contribution in [3.63, 3.8) is 0 Å². The Morgan fingerprint density at radius 3 is 2.25 bits per heavy atom. The molecule has 3 aromatic rings. The van der Waals surface area contributed by atoms with Gasteiger partial charge in [-0.05, 0) is 84.2 Å². The first-order valence-electron chi connectivity index (χ1n) is 12.4. The summed E-state index contributed by atoms with van der Waals surface area (Å²) in [5, 5.41) is 10.8. The smallest absolute Gasteiger partial charge is 0.253 e. The van der Waals surface area contributed by atoms with Crippen molar-refractivity contribution in [1.82, 2.24) is 9.84 Å². The lowest BCUT2D eigenvalue weighted by molar-refractivity contribution is 0.269. The summed E-state index contributed by atoms with van der Waals surface area (Å²) in [6.45, 7) is 6.23. The highest BCUT2D eigenvalue weighted by atomic mass is 32.2. The van der Waals surface area contributed by atoms with Gasteiger partial charge in [0.1, 0.15) is 5.75 Å². The molecule has 1 atom stereocenters. The number of benzene rings is 3. The number of hydrogen-bond donors (Lipinski definition) is 1. The second kappa shape index (κ2) is 11.7. The van der Waals surface area contributed by atoms with Crippen molar-refractivity contribution in [1.29, 1.82) is 5.26 Å². The lowest BCUT2D eigenvalue weighted by Gasteiger charge is -2.18. The van der Waals surface area contributed by atoms with Gasteiger partial charge in [0.15, 0.2) is 0 Å². The second-order valence-electron chi connectivity index (χ2n) is 9.62. The lowest BCUT2D eigenvalue weighted by Crippen LogP contribution is -2.40. The molecule has 4 rings (SSSR count). The van der Waals surface area contributed by atoms with Gasteiger partial charge in [-0.15, -0.1) is 4.83 Å². The van der Waals surface area contributed by atoms with Gasteiger partial charge in [0.2, 0.25) is 0 Å². The molecule has 1 heterocycles. The molecule has 0 unspecified atom stereocenters. The Balaban J connectivity index is 1.19. The van der Waals surface area contributed by atoms with E-state index in [1.54, 1.807) is 12.1 Å². The van der Waals surface area contributed by atoms with Crippen molar-refractivity contribution >= 4 is 10.0 Å². The third-order valence-electron chi connectivity index (χ3n) is 6.62. The van der Waals surface area contributed by atoms with E-state index in [9.17, 15) is 8.42 Å². The van der Waals surface area contributed by atoms with Crippen LogP contribution in [-0.2, 0) is 10.0 Å². The molecule has 6 nitrogen and oxygen atoms in total. The Labute approximate surface area is 214 Å². The van der Waals surface area contributed by atoms with E-state index in [0.29, 0.717) is 42.0 Å². The standard InChI is InChI=1S/C29H33N3O3S/c1-22(2)25-11-15-29(16-12-25)36(33,34)31-32-18-17-24(21-32)4-3-19-35-28-13-9-27(10-14-28)26-7-5-23(20-30)6-8-26/h5-16,22,24,31H,3-4,17-19,21H2,1-2H3/t24-/m1/s1. The van der Waals surface area contributed by atoms with E-state index in [-0.39, 0.29) is 0 Å². The summed E-state index contributed by atoms with van der Waals surface area (Å²) in [6.07, 6.45) is 2.87. The number of sulfonamides is 1. The zero-order valence-electron chi connectivity index (χ0n) is 20.9. The monoisotopic (exact) mass is 503 g/mol. The fourth-order valence-corrected chi connectivity index (χ4v) is 5.55. The summed E-state index contributed by atoms with van der Waals surface area (Å²) in [6, 6.07) is 24.8. The van der Waals surface area contributed by atoms with Crippen LogP contribution < -0.4 is 9.57 Å². The van der Waals surface area contributed by atoms with Gasteiger partial charge in [0.25, 0.3) is 10.0 Å². The molecule has 3 aromatic carbocycles. The number of ether oxygens (including phenoxy) is 1. The van der Waals surface area contributed by atoms with Gasteiger partial charge >= 0.3 is 0 Å². The van der Waals surface area contributed by atoms with Gasteiger partial charge in [0, 0.05) is 13.1 Å². The molecule has 1 saturated heterocycles. The Morgan fingerprint density at radius 2 is 1.64 bits per heavy atom. The Hall–Kier alpha value is -3.18. The molecule has 1 aliphatic heterocycles. The van der Waals surface area contributed by atoms with E-state index >= 15 is 0 Å². The first-order chi connectivity index (χ1) is 17.3. The van der Waals surface area contributed by atoms with Crippen LogP contribution >= 0.6 is 0 Å². The molecular formula is C29H33N3O3S. The number of hydrazine groups is 1. The van der Waals surface area contributed by atoms with Gasteiger partial charge in [-0.25, -0.2) is 13.4 Å². The maximum absolute atomic E-state index is 12.8. The summed E-state index contributed by atoms with van der Waals surface area (Å²) >= 11 is 0. The Morgan fingerprint density at radius 1 is 1.00 bits per heavy atom. The van der Waals surface area contributed by atoms with E-state index < -0.39 is 10.0 Å². The third-order valence-corrected chi connectivity index (χ3v) is 8.01. The molecule has 1 fully saturated rings. The van der Waals surface area contributed by atoms with E-state index in [0.717, 1.165) is 41.7 Å². The molecule has 1 aliphatic rings. The number of nitrogens with one attached hydrogen (secondary N) is 1. The Kier molecular flexibility index (Phi) is 8.42. The first-order valence-corrected chi connectivity index (χ1v) is 13.9. The van der Waals surface area contributed by atoms with E-state index in [2.05, 4.69) is 24.7 Å². The molecule has 0 saturated carbocycles. The van der Waals surface area contributed by atoms with Crippen molar-refractivity contribution in [3.05, 3.63) is 83.9 Å². The maximum atomic E-state index is 12.8. The van der Waals surface area contributed by atoms with Crippen LogP contribution in [0, 0.1) is 17.2 Å². The second-order valence-corrected chi connectivity index (χ2v) is 11.3. The molecule has 188 valence electrons. The van der Waals surface area contributed by atoms with Crippen LogP contribution in [0.5, 0.6) is 5.75 Å². The molecule has 0 amide bonds. The SMILES string of the molecule is CC(C)c1ccc(S(=O)(=O)NN2CC[C@@H](CCCOc3ccc(-c4ccc(C#N)cc4)cc3)C2)cc1. The normalized spacial score (nSPS) is 16.2. The predicted octanol–water partition coefficient (Wildman–Crippen LogP) is 5.72. The molecule has 36 heavy (non-hydrogen) atoms. The molecule has 0 aromatic heterocycles. The highest BCUT2D eigenvalue weighted by Gasteiger charge is 2.26. The number of nitrogens with zero attached hydrogens (tertiary/aromatic N) is 2. The van der Waals surface area contributed by atoms with Gasteiger partial charge in [-0.1, -0.05) is 50.2 Å². The van der Waals surface area contributed by atoms with E-state index in [4.69, 9.17) is 10.00 Å². The quantitative estimate of drug-likeness (QED) is 0.358. The number of rotatable bonds is 10. The molecule has 0 radical (unpaired) electrons. The zero-order valence-corrected chi connectivity index (χ0v) is 21.7. The van der Waals surface area contributed by atoms with E-state index in [1.807, 2.05) is 65.7 Å². The topological polar surface area (TPSA) is 82.4 Å². The predicted molar refractivity (Wildman–Crippen MR) is 142 cm³/mol. The number of hydrogen-bond acceptors (Lipinski definition) is 5. The lowest BCUT2D eigenvalue weighted by atomic mass is 10.0. The highest BCUT2D eigenvalue weighted by Crippen LogP contribution is 2.24. The fraction of sp³-hybridized carbons (Fsp3) is 0.345. The summed E-state index contributed by atoms with van der Waals surface area (Å²) in [4.78, 5) is 3.05. The molecule has 7 heteroatoms. The summed E-state index contributed by atoms with van der Waals surface area (Å²) < 4.78 is 31.4. The first kappa shape index (κ1) is 25.9. The van der Waals surface area contributed by atoms with Crippen LogP contribution in [0.1, 0.15) is 50.2 Å².